The largest absolute Gasteiger partial charge is 0.491 e. The predicted molar refractivity (Wildman–Crippen MR) is 148 cm³/mol. The molecular formula is C28H36F4N4O3Si. The molecule has 0 bridgehead atoms. The summed E-state index contributed by atoms with van der Waals surface area (Å²) >= 11 is 0. The normalized spacial score (nSPS) is 21.9. The zero-order valence-electron chi connectivity index (χ0n) is 23.2. The second-order valence-electron chi connectivity index (χ2n) is 11.7. The third-order valence-electron chi connectivity index (χ3n) is 7.64. The van der Waals surface area contributed by atoms with E-state index in [0.717, 1.165) is 29.1 Å². The molecule has 2 aliphatic heterocycles. The van der Waals surface area contributed by atoms with E-state index in [1.807, 2.05) is 0 Å². The molecule has 3 heterocycles. The van der Waals surface area contributed by atoms with Gasteiger partial charge in [0.2, 0.25) is 5.82 Å². The third-order valence-corrected chi connectivity index (χ3v) is 9.35. The molecule has 1 saturated heterocycles. The Morgan fingerprint density at radius 1 is 1.18 bits per heavy atom. The molecule has 218 valence electrons. The van der Waals surface area contributed by atoms with Crippen molar-refractivity contribution in [1.29, 1.82) is 0 Å². The van der Waals surface area contributed by atoms with Gasteiger partial charge in [-0.3, -0.25) is 9.47 Å². The molecule has 5 rings (SSSR count). The summed E-state index contributed by atoms with van der Waals surface area (Å²) in [6.07, 6.45) is -3.71. The summed E-state index contributed by atoms with van der Waals surface area (Å²) in [4.78, 5) is 6.33. The Morgan fingerprint density at radius 3 is 2.67 bits per heavy atom. The van der Waals surface area contributed by atoms with E-state index in [2.05, 4.69) is 34.8 Å². The number of nitrogens with zero attached hydrogens (tertiary/aromatic N) is 3. The fraction of sp³-hybridized carbons (Fsp3) is 0.536. The topological polar surface area (TPSA) is 60.8 Å². The van der Waals surface area contributed by atoms with Crippen LogP contribution < -0.4 is 10.1 Å². The van der Waals surface area contributed by atoms with Crippen molar-refractivity contribution in [3.05, 3.63) is 53.6 Å². The summed E-state index contributed by atoms with van der Waals surface area (Å²) in [7, 11) is 0.282. The molecule has 2 aliphatic rings. The van der Waals surface area contributed by atoms with Gasteiger partial charge >= 0.3 is 6.18 Å². The number of anilines is 1. The number of para-hydroxylation sites is 1. The molecule has 40 heavy (non-hydrogen) atoms. The van der Waals surface area contributed by atoms with Gasteiger partial charge < -0.3 is 19.5 Å². The van der Waals surface area contributed by atoms with Gasteiger partial charge in [0.25, 0.3) is 0 Å². The van der Waals surface area contributed by atoms with Gasteiger partial charge in [0, 0.05) is 46.5 Å². The molecule has 0 saturated carbocycles. The summed E-state index contributed by atoms with van der Waals surface area (Å²) in [6.45, 7) is 8.50. The number of fused-ring (bicyclic) bond motifs is 2. The fourth-order valence-electron chi connectivity index (χ4n) is 5.42. The summed E-state index contributed by atoms with van der Waals surface area (Å²) in [5.41, 5.74) is 1.72. The van der Waals surface area contributed by atoms with Gasteiger partial charge in [-0.1, -0.05) is 31.8 Å². The van der Waals surface area contributed by atoms with E-state index in [1.54, 1.807) is 31.4 Å². The summed E-state index contributed by atoms with van der Waals surface area (Å²) in [6, 6.07) is 9.77. The number of nitrogens with one attached hydrogen (secondary N) is 1. The highest BCUT2D eigenvalue weighted by atomic mass is 28.3. The Morgan fingerprint density at radius 2 is 1.98 bits per heavy atom. The van der Waals surface area contributed by atoms with Crippen LogP contribution in [0.4, 0.5) is 23.2 Å². The first-order chi connectivity index (χ1) is 18.9. The van der Waals surface area contributed by atoms with Crippen LogP contribution in [0.25, 0.3) is 11.0 Å². The number of rotatable bonds is 9. The summed E-state index contributed by atoms with van der Waals surface area (Å²) in [5, 5.41) is 3.48. The monoisotopic (exact) mass is 580 g/mol. The van der Waals surface area contributed by atoms with Crippen molar-refractivity contribution in [3.63, 3.8) is 0 Å². The van der Waals surface area contributed by atoms with E-state index in [1.165, 1.54) is 12.1 Å². The van der Waals surface area contributed by atoms with Crippen LogP contribution in [-0.2, 0) is 22.4 Å². The molecule has 1 fully saturated rings. The van der Waals surface area contributed by atoms with E-state index in [9.17, 15) is 17.6 Å². The molecule has 0 amide bonds. The summed E-state index contributed by atoms with van der Waals surface area (Å²) < 4.78 is 74.7. The minimum Gasteiger partial charge on any atom is -0.491 e. The van der Waals surface area contributed by atoms with Gasteiger partial charge in [0.1, 0.15) is 30.4 Å². The van der Waals surface area contributed by atoms with Gasteiger partial charge in [-0.15, -0.1) is 0 Å². The maximum atomic E-state index is 14.1. The molecule has 0 radical (unpaired) electrons. The minimum absolute atomic E-state index is 0.0877. The number of halogens is 4. The van der Waals surface area contributed by atoms with Crippen molar-refractivity contribution in [1.82, 2.24) is 14.5 Å². The fourth-order valence-corrected chi connectivity index (χ4v) is 6.18. The average molecular weight is 581 g/mol. The molecule has 12 heteroatoms. The van der Waals surface area contributed by atoms with E-state index in [-0.39, 0.29) is 30.4 Å². The molecular weight excluding hydrogens is 544 g/mol. The Kier molecular flexibility index (Phi) is 8.15. The van der Waals surface area contributed by atoms with Crippen molar-refractivity contribution in [2.45, 2.75) is 63.2 Å². The van der Waals surface area contributed by atoms with Crippen molar-refractivity contribution in [2.75, 3.05) is 38.7 Å². The smallest absolute Gasteiger partial charge is 0.449 e. The maximum Gasteiger partial charge on any atom is 0.449 e. The number of alkyl halides is 3. The van der Waals surface area contributed by atoms with E-state index in [4.69, 9.17) is 14.2 Å². The van der Waals surface area contributed by atoms with Gasteiger partial charge in [-0.25, -0.2) is 9.37 Å². The number of imidazole rings is 1. The van der Waals surface area contributed by atoms with Crippen LogP contribution in [0.2, 0.25) is 25.7 Å². The molecule has 2 aromatic carbocycles. The SMILES string of the molecule is CO[C@@H]1CCN([C@H]2COc3cc(F)ccc3[C@@H]2Nc2cccc3c2nc(C(F)(F)F)n3COCC[Si](C)(C)C)C1. The number of methoxy groups -OCH3 is 1. The lowest BCUT2D eigenvalue weighted by atomic mass is 9.94. The van der Waals surface area contributed by atoms with Gasteiger partial charge in [-0.05, 0) is 30.7 Å². The van der Waals surface area contributed by atoms with Crippen LogP contribution in [0, 0.1) is 5.82 Å². The predicted octanol–water partition coefficient (Wildman–Crippen LogP) is 6.14. The van der Waals surface area contributed by atoms with Gasteiger partial charge in [0.15, 0.2) is 0 Å². The molecule has 0 spiro atoms. The number of hydrogen-bond acceptors (Lipinski definition) is 6. The van der Waals surface area contributed by atoms with E-state index in [0.29, 0.717) is 36.7 Å². The number of hydrogen-bond donors (Lipinski definition) is 1. The number of likely N-dealkylation sites (tertiary alicyclic amines) is 1. The van der Waals surface area contributed by atoms with Gasteiger partial charge in [0.05, 0.1) is 29.4 Å². The number of benzene rings is 2. The molecule has 1 N–H and O–H groups in total. The second-order valence-corrected chi connectivity index (χ2v) is 17.3. The highest BCUT2D eigenvalue weighted by Gasteiger charge is 2.40. The van der Waals surface area contributed by atoms with Crippen molar-refractivity contribution in [3.8, 4) is 5.75 Å². The number of ether oxygens (including phenoxy) is 3. The lowest BCUT2D eigenvalue weighted by Crippen LogP contribution is -2.47. The van der Waals surface area contributed by atoms with Crippen LogP contribution in [0.3, 0.4) is 0 Å². The maximum absolute atomic E-state index is 14.1. The standard InChI is InChI=1S/C28H36F4N4O3Si/c1-37-19-10-11-35(15-19)23-16-39-24-14-18(29)8-9-20(24)25(23)33-21-6-5-7-22-26(21)34-27(28(30,31)32)36(22)17-38-12-13-40(2,3)4/h5-9,14,19,23,25,33H,10-13,15-17H2,1-4H3/t19-,23+,25+/m1/s1. The van der Waals surface area contributed by atoms with Crippen LogP contribution in [0.15, 0.2) is 36.4 Å². The highest BCUT2D eigenvalue weighted by Crippen LogP contribution is 2.40. The Balaban J connectivity index is 1.50. The number of aromatic nitrogens is 2. The molecule has 1 aromatic heterocycles. The molecule has 0 aliphatic carbocycles. The lowest BCUT2D eigenvalue weighted by molar-refractivity contribution is -0.149. The summed E-state index contributed by atoms with van der Waals surface area (Å²) in [5.74, 6) is -1.000. The molecule has 0 unspecified atom stereocenters. The highest BCUT2D eigenvalue weighted by molar-refractivity contribution is 6.76. The first-order valence-corrected chi connectivity index (χ1v) is 17.2. The first kappa shape index (κ1) is 28.8. The zero-order valence-corrected chi connectivity index (χ0v) is 24.2. The van der Waals surface area contributed by atoms with Crippen LogP contribution in [0.1, 0.15) is 23.9 Å². The van der Waals surface area contributed by atoms with Crippen LogP contribution in [0.5, 0.6) is 5.75 Å². The molecule has 3 aromatic rings. The Bertz CT molecular complexity index is 1340. The molecule has 7 nitrogen and oxygen atoms in total. The quantitative estimate of drug-likeness (QED) is 0.186. The zero-order chi connectivity index (χ0) is 28.7. The Hall–Kier alpha value is -2.67. The Labute approximate surface area is 232 Å². The lowest BCUT2D eigenvalue weighted by Gasteiger charge is -2.39. The van der Waals surface area contributed by atoms with Crippen molar-refractivity contribution < 1.29 is 31.8 Å². The first-order valence-electron chi connectivity index (χ1n) is 13.5. The van der Waals surface area contributed by atoms with Crippen LogP contribution in [-0.4, -0.2) is 68.1 Å². The van der Waals surface area contributed by atoms with Crippen molar-refractivity contribution in [2.24, 2.45) is 0 Å². The van der Waals surface area contributed by atoms with Crippen molar-refractivity contribution >= 4 is 24.8 Å². The van der Waals surface area contributed by atoms with E-state index < -0.39 is 25.9 Å². The van der Waals surface area contributed by atoms with Crippen LogP contribution >= 0.6 is 0 Å². The average Bonchev–Trinajstić information content (AvgIpc) is 3.51. The second kappa shape index (κ2) is 11.3. The van der Waals surface area contributed by atoms with E-state index >= 15 is 0 Å². The molecule has 3 atom stereocenters. The minimum atomic E-state index is -4.66. The third kappa shape index (κ3) is 6.14. The van der Waals surface area contributed by atoms with Gasteiger partial charge in [-0.2, -0.15) is 13.2 Å².